The van der Waals surface area contributed by atoms with Crippen LogP contribution in [0.1, 0.15) is 45.8 Å². The first-order chi connectivity index (χ1) is 11.0. The summed E-state index contributed by atoms with van der Waals surface area (Å²) in [6, 6.07) is 9.88. The zero-order valence-electron chi connectivity index (χ0n) is 14.3. The average molecular weight is 315 g/mol. The molecule has 0 saturated heterocycles. The van der Waals surface area contributed by atoms with Gasteiger partial charge in [0.2, 0.25) is 0 Å². The first-order valence-corrected chi connectivity index (χ1v) is 8.14. The molecule has 4 nitrogen and oxygen atoms in total. The number of esters is 1. The highest BCUT2D eigenvalue weighted by molar-refractivity contribution is 5.79. The fourth-order valence-electron chi connectivity index (χ4n) is 2.20. The van der Waals surface area contributed by atoms with Crippen LogP contribution in [0.2, 0.25) is 0 Å². The molecule has 4 heteroatoms. The van der Waals surface area contributed by atoms with Crippen molar-refractivity contribution in [3.63, 3.8) is 0 Å². The Labute approximate surface area is 137 Å². The lowest BCUT2D eigenvalue weighted by atomic mass is 10.1. The third-order valence-corrected chi connectivity index (χ3v) is 3.77. The summed E-state index contributed by atoms with van der Waals surface area (Å²) in [5, 5.41) is 1.04. The van der Waals surface area contributed by atoms with Crippen molar-refractivity contribution in [2.45, 2.75) is 46.3 Å². The first kappa shape index (κ1) is 17.4. The SMILES string of the molecule is CC(C)CCOC(C)C(=O)OC(C)c1cnc2ccccc2c1. The van der Waals surface area contributed by atoms with Gasteiger partial charge in [-0.15, -0.1) is 0 Å². The van der Waals surface area contributed by atoms with E-state index in [9.17, 15) is 4.79 Å². The first-order valence-electron chi connectivity index (χ1n) is 8.14. The number of carbonyl (C=O) groups is 1. The lowest BCUT2D eigenvalue weighted by Crippen LogP contribution is -2.25. The van der Waals surface area contributed by atoms with Gasteiger partial charge in [0.15, 0.2) is 6.10 Å². The average Bonchev–Trinajstić information content (AvgIpc) is 2.53. The number of nitrogens with zero attached hydrogens (tertiary/aromatic N) is 1. The molecule has 0 saturated carbocycles. The summed E-state index contributed by atoms with van der Waals surface area (Å²) in [5.41, 5.74) is 1.81. The molecule has 0 bridgehead atoms. The summed E-state index contributed by atoms with van der Waals surface area (Å²) in [6.07, 6.45) is 1.78. The van der Waals surface area contributed by atoms with Gasteiger partial charge in [0, 0.05) is 23.8 Å². The molecule has 0 N–H and O–H groups in total. The Hall–Kier alpha value is -1.94. The van der Waals surface area contributed by atoms with Crippen LogP contribution in [0.15, 0.2) is 36.5 Å². The van der Waals surface area contributed by atoms with Gasteiger partial charge in [0.25, 0.3) is 0 Å². The van der Waals surface area contributed by atoms with Crippen molar-refractivity contribution < 1.29 is 14.3 Å². The Balaban J connectivity index is 1.94. The molecule has 0 spiro atoms. The van der Waals surface area contributed by atoms with Crippen molar-refractivity contribution in [2.75, 3.05) is 6.61 Å². The van der Waals surface area contributed by atoms with E-state index < -0.39 is 6.10 Å². The second kappa shape index (κ2) is 8.06. The Morgan fingerprint density at radius 2 is 1.91 bits per heavy atom. The van der Waals surface area contributed by atoms with Crippen LogP contribution in [0.3, 0.4) is 0 Å². The monoisotopic (exact) mass is 315 g/mol. The fraction of sp³-hybridized carbons (Fsp3) is 0.474. The predicted molar refractivity (Wildman–Crippen MR) is 91.1 cm³/mol. The number of rotatable bonds is 7. The van der Waals surface area contributed by atoms with E-state index in [-0.39, 0.29) is 12.1 Å². The topological polar surface area (TPSA) is 48.4 Å². The summed E-state index contributed by atoms with van der Waals surface area (Å²) in [6.45, 7) is 8.40. The molecule has 0 radical (unpaired) electrons. The van der Waals surface area contributed by atoms with Crippen LogP contribution in [0.4, 0.5) is 0 Å². The van der Waals surface area contributed by atoms with Crippen LogP contribution in [-0.2, 0) is 14.3 Å². The van der Waals surface area contributed by atoms with Crippen molar-refractivity contribution in [1.29, 1.82) is 0 Å². The molecule has 1 aromatic carbocycles. The lowest BCUT2D eigenvalue weighted by Gasteiger charge is -2.18. The van der Waals surface area contributed by atoms with E-state index in [2.05, 4.69) is 18.8 Å². The number of hydrogen-bond donors (Lipinski definition) is 0. The summed E-state index contributed by atoms with van der Waals surface area (Å²) in [5.74, 6) is 0.218. The van der Waals surface area contributed by atoms with Crippen LogP contribution in [0, 0.1) is 5.92 Å². The molecule has 0 aliphatic rings. The van der Waals surface area contributed by atoms with Gasteiger partial charge in [-0.2, -0.15) is 0 Å². The third-order valence-electron chi connectivity index (χ3n) is 3.77. The molecular formula is C19H25NO3. The van der Waals surface area contributed by atoms with Gasteiger partial charge < -0.3 is 9.47 Å². The van der Waals surface area contributed by atoms with E-state index in [1.165, 1.54) is 0 Å². The molecule has 23 heavy (non-hydrogen) atoms. The van der Waals surface area contributed by atoms with E-state index in [1.54, 1.807) is 13.1 Å². The fourth-order valence-corrected chi connectivity index (χ4v) is 2.20. The Morgan fingerprint density at radius 3 is 2.65 bits per heavy atom. The number of aromatic nitrogens is 1. The number of carbonyl (C=O) groups excluding carboxylic acids is 1. The number of hydrogen-bond acceptors (Lipinski definition) is 4. The zero-order chi connectivity index (χ0) is 16.8. The third kappa shape index (κ3) is 5.03. The summed E-state index contributed by atoms with van der Waals surface area (Å²) in [7, 11) is 0. The van der Waals surface area contributed by atoms with E-state index in [1.807, 2.05) is 37.3 Å². The highest BCUT2D eigenvalue weighted by atomic mass is 16.6. The van der Waals surface area contributed by atoms with Crippen molar-refractivity contribution in [1.82, 2.24) is 4.98 Å². The number of ether oxygens (including phenoxy) is 2. The molecule has 1 heterocycles. The highest BCUT2D eigenvalue weighted by Gasteiger charge is 2.19. The number of fused-ring (bicyclic) bond motifs is 1. The van der Waals surface area contributed by atoms with Crippen molar-refractivity contribution >= 4 is 16.9 Å². The summed E-state index contributed by atoms with van der Waals surface area (Å²) >= 11 is 0. The molecule has 0 aliphatic heterocycles. The maximum absolute atomic E-state index is 12.1. The number of pyridine rings is 1. The van der Waals surface area contributed by atoms with Crippen molar-refractivity contribution in [3.8, 4) is 0 Å². The molecule has 0 amide bonds. The Bertz CT molecular complexity index is 654. The van der Waals surface area contributed by atoms with Gasteiger partial charge in [-0.3, -0.25) is 4.98 Å². The van der Waals surface area contributed by atoms with Crippen LogP contribution in [0.25, 0.3) is 10.9 Å². The second-order valence-corrected chi connectivity index (χ2v) is 6.24. The summed E-state index contributed by atoms with van der Waals surface area (Å²) in [4.78, 5) is 16.5. The van der Waals surface area contributed by atoms with E-state index in [0.29, 0.717) is 12.5 Å². The minimum absolute atomic E-state index is 0.339. The zero-order valence-corrected chi connectivity index (χ0v) is 14.3. The highest BCUT2D eigenvalue weighted by Crippen LogP contribution is 2.21. The Kier molecular flexibility index (Phi) is 6.11. The van der Waals surface area contributed by atoms with E-state index in [0.717, 1.165) is 22.9 Å². The van der Waals surface area contributed by atoms with Crippen LogP contribution in [-0.4, -0.2) is 23.7 Å². The quantitative estimate of drug-likeness (QED) is 0.715. The van der Waals surface area contributed by atoms with E-state index in [4.69, 9.17) is 9.47 Å². The van der Waals surface area contributed by atoms with Gasteiger partial charge in [-0.1, -0.05) is 32.0 Å². The van der Waals surface area contributed by atoms with Gasteiger partial charge in [-0.05, 0) is 38.3 Å². The predicted octanol–water partition coefficient (Wildman–Crippen LogP) is 4.29. The van der Waals surface area contributed by atoms with Gasteiger partial charge >= 0.3 is 5.97 Å². The molecule has 0 aliphatic carbocycles. The smallest absolute Gasteiger partial charge is 0.335 e. The van der Waals surface area contributed by atoms with Gasteiger partial charge in [0.05, 0.1) is 5.52 Å². The van der Waals surface area contributed by atoms with Crippen molar-refractivity contribution in [3.05, 3.63) is 42.1 Å². The van der Waals surface area contributed by atoms with Crippen LogP contribution < -0.4 is 0 Å². The molecule has 1 aromatic heterocycles. The van der Waals surface area contributed by atoms with Crippen LogP contribution >= 0.6 is 0 Å². The van der Waals surface area contributed by atoms with Gasteiger partial charge in [-0.25, -0.2) is 4.79 Å². The minimum atomic E-state index is -0.551. The minimum Gasteiger partial charge on any atom is -0.456 e. The van der Waals surface area contributed by atoms with Gasteiger partial charge in [0.1, 0.15) is 6.10 Å². The Morgan fingerprint density at radius 1 is 1.17 bits per heavy atom. The maximum atomic E-state index is 12.1. The standard InChI is InChI=1S/C19H25NO3/c1-13(2)9-10-22-15(4)19(21)23-14(3)17-11-16-7-5-6-8-18(16)20-12-17/h5-8,11-15H,9-10H2,1-4H3. The molecule has 2 atom stereocenters. The molecule has 2 rings (SSSR count). The maximum Gasteiger partial charge on any atom is 0.335 e. The lowest BCUT2D eigenvalue weighted by molar-refractivity contribution is -0.161. The summed E-state index contributed by atoms with van der Waals surface area (Å²) < 4.78 is 11.0. The molecule has 2 aromatic rings. The van der Waals surface area contributed by atoms with E-state index >= 15 is 0 Å². The molecule has 124 valence electrons. The van der Waals surface area contributed by atoms with Crippen molar-refractivity contribution in [2.24, 2.45) is 5.92 Å². The largest absolute Gasteiger partial charge is 0.456 e. The molecule has 0 fully saturated rings. The normalized spacial score (nSPS) is 14.0. The van der Waals surface area contributed by atoms with Crippen LogP contribution in [0.5, 0.6) is 0 Å². The molecular weight excluding hydrogens is 290 g/mol. The number of para-hydroxylation sites is 1. The molecule has 2 unspecified atom stereocenters. The number of benzene rings is 1. The second-order valence-electron chi connectivity index (χ2n) is 6.24.